The second kappa shape index (κ2) is 5.04. The number of carbonyl (C=O) groups excluding carboxylic acids is 1. The van der Waals surface area contributed by atoms with Crippen LogP contribution in [-0.2, 0) is 0 Å². The van der Waals surface area contributed by atoms with Crippen molar-refractivity contribution in [3.63, 3.8) is 0 Å². The minimum absolute atomic E-state index is 0.257. The lowest BCUT2D eigenvalue weighted by Crippen LogP contribution is -2.43. The molecule has 8 nitrogen and oxygen atoms in total. The molecule has 1 amide bonds. The van der Waals surface area contributed by atoms with Crippen LogP contribution in [0.25, 0.3) is 0 Å². The average Bonchev–Trinajstić information content (AvgIpc) is 2.95. The van der Waals surface area contributed by atoms with E-state index in [0.717, 1.165) is 13.1 Å². The van der Waals surface area contributed by atoms with Crippen LogP contribution in [0.3, 0.4) is 0 Å². The third-order valence-corrected chi connectivity index (χ3v) is 3.27. The molecule has 1 saturated heterocycles. The van der Waals surface area contributed by atoms with Crippen LogP contribution in [-0.4, -0.2) is 43.8 Å². The van der Waals surface area contributed by atoms with E-state index in [2.05, 4.69) is 26.0 Å². The van der Waals surface area contributed by atoms with E-state index in [1.165, 1.54) is 0 Å². The van der Waals surface area contributed by atoms with E-state index in [0.29, 0.717) is 17.4 Å². The summed E-state index contributed by atoms with van der Waals surface area (Å²) < 4.78 is 3.51. The summed E-state index contributed by atoms with van der Waals surface area (Å²) in [6.07, 6.45) is 5.09. The lowest BCUT2D eigenvalue weighted by Gasteiger charge is -2.26. The zero-order chi connectivity index (χ0) is 14.1. The molecule has 0 saturated carbocycles. The molecule has 0 aromatic carbocycles. The Morgan fingerprint density at radius 2 is 2.25 bits per heavy atom. The summed E-state index contributed by atoms with van der Waals surface area (Å²) in [5, 5.41) is 18.0. The van der Waals surface area contributed by atoms with Crippen LogP contribution in [0.2, 0.25) is 0 Å². The van der Waals surface area contributed by atoms with Gasteiger partial charge in [-0.3, -0.25) is 9.48 Å². The Morgan fingerprint density at radius 1 is 1.45 bits per heavy atom. The molecule has 1 aliphatic rings. The number of carbonyl (C=O) groups is 1. The molecule has 3 heterocycles. The van der Waals surface area contributed by atoms with Crippen LogP contribution in [0.1, 0.15) is 36.4 Å². The van der Waals surface area contributed by atoms with Gasteiger partial charge in [0.2, 0.25) is 0 Å². The van der Waals surface area contributed by atoms with Gasteiger partial charge in [-0.1, -0.05) is 5.21 Å². The minimum Gasteiger partial charge on any atom is -0.318 e. The molecule has 8 heteroatoms. The molecule has 1 fully saturated rings. The van der Waals surface area contributed by atoms with Gasteiger partial charge in [0.15, 0.2) is 5.69 Å². The van der Waals surface area contributed by atoms with Gasteiger partial charge in [-0.05, 0) is 13.8 Å². The van der Waals surface area contributed by atoms with Crippen molar-refractivity contribution in [3.8, 4) is 0 Å². The van der Waals surface area contributed by atoms with Gasteiger partial charge in [0.1, 0.15) is 0 Å². The Labute approximate surface area is 116 Å². The van der Waals surface area contributed by atoms with Crippen LogP contribution in [0.15, 0.2) is 18.6 Å². The normalized spacial score (nSPS) is 15.3. The van der Waals surface area contributed by atoms with Gasteiger partial charge in [-0.15, -0.1) is 5.10 Å². The zero-order valence-electron chi connectivity index (χ0n) is 11.4. The Hall–Kier alpha value is -2.22. The number of nitrogens with zero attached hydrogens (tertiary/aromatic N) is 5. The predicted molar refractivity (Wildman–Crippen MR) is 72.5 cm³/mol. The first-order chi connectivity index (χ1) is 9.63. The van der Waals surface area contributed by atoms with Crippen LogP contribution in [0.4, 0.5) is 5.69 Å². The Balaban J connectivity index is 1.67. The van der Waals surface area contributed by atoms with E-state index in [1.807, 2.05) is 13.8 Å². The largest absolute Gasteiger partial charge is 0.318 e. The van der Waals surface area contributed by atoms with Gasteiger partial charge >= 0.3 is 0 Å². The molecule has 1 aliphatic heterocycles. The number of hydrogen-bond acceptors (Lipinski definition) is 5. The number of rotatable bonds is 4. The average molecular weight is 275 g/mol. The first kappa shape index (κ1) is 12.8. The highest BCUT2D eigenvalue weighted by molar-refractivity contribution is 6.02. The number of amides is 1. The maximum Gasteiger partial charge on any atom is 0.277 e. The standard InChI is InChI=1S/C12H17N7O/c1-8(2)18-6-9(3-14-18)15-12(20)11-7-19(17-16-11)10-4-13-5-10/h3,6-8,10,13H,4-5H2,1-2H3,(H,15,20). The molecule has 3 rings (SSSR count). The summed E-state index contributed by atoms with van der Waals surface area (Å²) in [6, 6.07) is 0.556. The molecule has 0 bridgehead atoms. The molecule has 2 aromatic heterocycles. The Morgan fingerprint density at radius 3 is 2.85 bits per heavy atom. The van der Waals surface area contributed by atoms with E-state index in [1.54, 1.807) is 28.0 Å². The van der Waals surface area contributed by atoms with Gasteiger partial charge in [0.05, 0.1) is 24.1 Å². The van der Waals surface area contributed by atoms with E-state index >= 15 is 0 Å². The van der Waals surface area contributed by atoms with Crippen molar-refractivity contribution in [1.82, 2.24) is 30.1 Å². The lowest BCUT2D eigenvalue weighted by atomic mass is 10.2. The molecule has 2 N–H and O–H groups in total. The molecular weight excluding hydrogens is 258 g/mol. The molecule has 2 aromatic rings. The zero-order valence-corrected chi connectivity index (χ0v) is 11.4. The van der Waals surface area contributed by atoms with Crippen molar-refractivity contribution in [2.45, 2.75) is 25.9 Å². The summed E-state index contributed by atoms with van der Waals surface area (Å²) in [4.78, 5) is 12.1. The quantitative estimate of drug-likeness (QED) is 0.845. The van der Waals surface area contributed by atoms with Crippen molar-refractivity contribution >= 4 is 11.6 Å². The molecule has 0 aliphatic carbocycles. The first-order valence-electron chi connectivity index (χ1n) is 6.61. The lowest BCUT2D eigenvalue weighted by molar-refractivity contribution is 0.102. The second-order valence-electron chi connectivity index (χ2n) is 5.15. The van der Waals surface area contributed by atoms with Gasteiger partial charge in [0.25, 0.3) is 5.91 Å². The molecular formula is C12H17N7O. The van der Waals surface area contributed by atoms with E-state index in [-0.39, 0.29) is 11.9 Å². The van der Waals surface area contributed by atoms with Gasteiger partial charge in [0, 0.05) is 25.3 Å². The third-order valence-electron chi connectivity index (χ3n) is 3.27. The summed E-state index contributed by atoms with van der Waals surface area (Å²) in [5.74, 6) is -0.271. The van der Waals surface area contributed by atoms with Crippen LogP contribution in [0.5, 0.6) is 0 Å². The maximum absolute atomic E-state index is 12.1. The summed E-state index contributed by atoms with van der Waals surface area (Å²) >= 11 is 0. The van der Waals surface area contributed by atoms with Gasteiger partial charge in [-0.25, -0.2) is 4.68 Å². The highest BCUT2D eigenvalue weighted by Gasteiger charge is 2.21. The SMILES string of the molecule is CC(C)n1cc(NC(=O)c2cn(C3CNC3)nn2)cn1. The molecule has 106 valence electrons. The molecule has 0 atom stereocenters. The van der Waals surface area contributed by atoms with Crippen LogP contribution in [0, 0.1) is 0 Å². The molecule has 0 radical (unpaired) electrons. The van der Waals surface area contributed by atoms with Crippen LogP contribution < -0.4 is 10.6 Å². The van der Waals surface area contributed by atoms with Crippen molar-refractivity contribution in [2.24, 2.45) is 0 Å². The van der Waals surface area contributed by atoms with Crippen molar-refractivity contribution in [3.05, 3.63) is 24.3 Å². The van der Waals surface area contributed by atoms with Crippen molar-refractivity contribution < 1.29 is 4.79 Å². The number of aromatic nitrogens is 5. The monoisotopic (exact) mass is 275 g/mol. The fourth-order valence-corrected chi connectivity index (χ4v) is 1.90. The van der Waals surface area contributed by atoms with E-state index in [9.17, 15) is 4.79 Å². The highest BCUT2D eigenvalue weighted by atomic mass is 16.2. The maximum atomic E-state index is 12.1. The predicted octanol–water partition coefficient (Wildman–Crippen LogP) is 0.452. The van der Waals surface area contributed by atoms with Crippen LogP contribution >= 0.6 is 0 Å². The number of anilines is 1. The summed E-state index contributed by atoms with van der Waals surface area (Å²) in [5.41, 5.74) is 0.970. The summed E-state index contributed by atoms with van der Waals surface area (Å²) in [7, 11) is 0. The molecule has 0 spiro atoms. The number of nitrogens with one attached hydrogen (secondary N) is 2. The topological polar surface area (TPSA) is 89.7 Å². The van der Waals surface area contributed by atoms with E-state index < -0.39 is 0 Å². The smallest absolute Gasteiger partial charge is 0.277 e. The molecule has 20 heavy (non-hydrogen) atoms. The molecule has 0 unspecified atom stereocenters. The van der Waals surface area contributed by atoms with E-state index in [4.69, 9.17) is 0 Å². The van der Waals surface area contributed by atoms with Gasteiger partial charge < -0.3 is 10.6 Å². The van der Waals surface area contributed by atoms with Crippen molar-refractivity contribution in [1.29, 1.82) is 0 Å². The Bertz CT molecular complexity index is 611. The number of hydrogen-bond donors (Lipinski definition) is 2. The first-order valence-corrected chi connectivity index (χ1v) is 6.61. The highest BCUT2D eigenvalue weighted by Crippen LogP contribution is 2.13. The summed E-state index contributed by atoms with van der Waals surface area (Å²) in [6.45, 7) is 5.78. The van der Waals surface area contributed by atoms with Crippen molar-refractivity contribution in [2.75, 3.05) is 18.4 Å². The minimum atomic E-state index is -0.271. The van der Waals surface area contributed by atoms with Gasteiger partial charge in [-0.2, -0.15) is 5.10 Å². The fourth-order valence-electron chi connectivity index (χ4n) is 1.90. The fraction of sp³-hybridized carbons (Fsp3) is 0.500. The Kier molecular flexibility index (Phi) is 3.23. The second-order valence-corrected chi connectivity index (χ2v) is 5.15. The third kappa shape index (κ3) is 2.42.